The number of ether oxygens (including phenoxy) is 1. The summed E-state index contributed by atoms with van der Waals surface area (Å²) >= 11 is 5.87. The zero-order valence-electron chi connectivity index (χ0n) is 14.4. The SMILES string of the molecule is O[C@H](COCc1ccc(Cl)cc1)C[NH+]1CCN(c2ccccc2)CC1. The number of quaternary nitrogens is 1. The Labute approximate surface area is 154 Å². The van der Waals surface area contributed by atoms with Gasteiger partial charge in [0.25, 0.3) is 0 Å². The van der Waals surface area contributed by atoms with Gasteiger partial charge < -0.3 is 19.6 Å². The first kappa shape index (κ1) is 18.2. The van der Waals surface area contributed by atoms with Crippen molar-refractivity contribution in [2.24, 2.45) is 0 Å². The van der Waals surface area contributed by atoms with Crippen molar-refractivity contribution in [2.75, 3.05) is 44.2 Å². The lowest BCUT2D eigenvalue weighted by molar-refractivity contribution is -0.903. The van der Waals surface area contributed by atoms with Gasteiger partial charge in [0, 0.05) is 10.7 Å². The van der Waals surface area contributed by atoms with E-state index in [1.54, 1.807) is 0 Å². The molecule has 1 aliphatic heterocycles. The number of nitrogens with zero attached hydrogens (tertiary/aromatic N) is 1. The molecule has 4 nitrogen and oxygen atoms in total. The van der Waals surface area contributed by atoms with Gasteiger partial charge in [-0.2, -0.15) is 0 Å². The Morgan fingerprint density at radius 1 is 1.04 bits per heavy atom. The van der Waals surface area contributed by atoms with Crippen LogP contribution in [0.25, 0.3) is 0 Å². The zero-order valence-corrected chi connectivity index (χ0v) is 15.2. The van der Waals surface area contributed by atoms with Crippen LogP contribution in [-0.2, 0) is 11.3 Å². The molecule has 3 rings (SSSR count). The fourth-order valence-electron chi connectivity index (χ4n) is 3.21. The van der Waals surface area contributed by atoms with Crippen LogP contribution in [0.2, 0.25) is 5.02 Å². The molecule has 5 heteroatoms. The Balaban J connectivity index is 1.35. The number of para-hydroxylation sites is 1. The smallest absolute Gasteiger partial charge is 0.126 e. The predicted octanol–water partition coefficient (Wildman–Crippen LogP) is 1.62. The lowest BCUT2D eigenvalue weighted by atomic mass is 10.2. The third-order valence-electron chi connectivity index (χ3n) is 4.61. The molecule has 0 aromatic heterocycles. The molecule has 1 heterocycles. The summed E-state index contributed by atoms with van der Waals surface area (Å²) in [4.78, 5) is 3.85. The highest BCUT2D eigenvalue weighted by Gasteiger charge is 2.22. The molecule has 1 aliphatic rings. The summed E-state index contributed by atoms with van der Waals surface area (Å²) < 4.78 is 5.64. The Morgan fingerprint density at radius 2 is 1.72 bits per heavy atom. The molecule has 0 aliphatic carbocycles. The average Bonchev–Trinajstić information content (AvgIpc) is 2.65. The van der Waals surface area contributed by atoms with E-state index >= 15 is 0 Å². The van der Waals surface area contributed by atoms with E-state index in [2.05, 4.69) is 29.2 Å². The molecule has 0 spiro atoms. The molecule has 1 saturated heterocycles. The molecule has 2 N–H and O–H groups in total. The van der Waals surface area contributed by atoms with Crippen molar-refractivity contribution >= 4 is 17.3 Å². The molecule has 0 amide bonds. The van der Waals surface area contributed by atoms with Crippen LogP contribution in [0.1, 0.15) is 5.56 Å². The van der Waals surface area contributed by atoms with Crippen molar-refractivity contribution in [1.29, 1.82) is 0 Å². The van der Waals surface area contributed by atoms with E-state index < -0.39 is 6.10 Å². The van der Waals surface area contributed by atoms with E-state index in [1.165, 1.54) is 10.6 Å². The molecular formula is C20H26ClN2O2+. The standard InChI is InChI=1S/C20H25ClN2O2/c21-18-8-6-17(7-9-18)15-25-16-20(24)14-22-10-12-23(13-11-22)19-4-2-1-3-5-19/h1-9,20,24H,10-16H2/p+1/t20-/m0/s1. The monoisotopic (exact) mass is 361 g/mol. The Morgan fingerprint density at radius 3 is 2.40 bits per heavy atom. The van der Waals surface area contributed by atoms with Crippen LogP contribution in [0, 0.1) is 0 Å². The van der Waals surface area contributed by atoms with Crippen LogP contribution in [0.15, 0.2) is 54.6 Å². The summed E-state index contributed by atoms with van der Waals surface area (Å²) in [5, 5.41) is 11.0. The van der Waals surface area contributed by atoms with Crippen LogP contribution in [-0.4, -0.2) is 50.5 Å². The van der Waals surface area contributed by atoms with Crippen molar-refractivity contribution in [3.05, 3.63) is 65.2 Å². The molecule has 0 bridgehead atoms. The first-order valence-electron chi connectivity index (χ1n) is 8.84. The summed E-state index contributed by atoms with van der Waals surface area (Å²) in [6.07, 6.45) is -0.425. The van der Waals surface area contributed by atoms with E-state index in [1.807, 2.05) is 30.3 Å². The van der Waals surface area contributed by atoms with Crippen LogP contribution >= 0.6 is 11.6 Å². The van der Waals surface area contributed by atoms with E-state index in [0.717, 1.165) is 43.3 Å². The number of aliphatic hydroxyl groups is 1. The number of anilines is 1. The van der Waals surface area contributed by atoms with Crippen molar-refractivity contribution in [1.82, 2.24) is 0 Å². The summed E-state index contributed by atoms with van der Waals surface area (Å²) in [7, 11) is 0. The van der Waals surface area contributed by atoms with Crippen molar-refractivity contribution < 1.29 is 14.7 Å². The van der Waals surface area contributed by atoms with Crippen molar-refractivity contribution in [3.63, 3.8) is 0 Å². The Bertz CT molecular complexity index is 628. The number of hydrogen-bond donors (Lipinski definition) is 2. The lowest BCUT2D eigenvalue weighted by Crippen LogP contribution is -3.16. The van der Waals surface area contributed by atoms with Crippen molar-refractivity contribution in [2.45, 2.75) is 12.7 Å². The minimum absolute atomic E-state index is 0.370. The average molecular weight is 362 g/mol. The fourth-order valence-corrected chi connectivity index (χ4v) is 3.34. The number of nitrogens with one attached hydrogen (secondary N) is 1. The van der Waals surface area contributed by atoms with Crippen LogP contribution in [0.4, 0.5) is 5.69 Å². The zero-order chi connectivity index (χ0) is 17.5. The number of aliphatic hydroxyl groups excluding tert-OH is 1. The van der Waals surface area contributed by atoms with Crippen molar-refractivity contribution in [3.8, 4) is 0 Å². The summed E-state index contributed by atoms with van der Waals surface area (Å²) in [6, 6.07) is 18.1. The second-order valence-electron chi connectivity index (χ2n) is 6.57. The largest absolute Gasteiger partial charge is 0.385 e. The predicted molar refractivity (Wildman–Crippen MR) is 101 cm³/mol. The van der Waals surface area contributed by atoms with Gasteiger partial charge >= 0.3 is 0 Å². The van der Waals surface area contributed by atoms with Gasteiger partial charge in [0.1, 0.15) is 12.6 Å². The summed E-state index contributed by atoms with van der Waals surface area (Å²) in [5.41, 5.74) is 2.36. The molecular weight excluding hydrogens is 336 g/mol. The Hall–Kier alpha value is -1.59. The van der Waals surface area contributed by atoms with E-state index in [9.17, 15) is 5.11 Å². The van der Waals surface area contributed by atoms with Gasteiger partial charge in [-0.3, -0.25) is 0 Å². The molecule has 0 radical (unpaired) electrons. The van der Waals surface area contributed by atoms with Gasteiger partial charge in [0.2, 0.25) is 0 Å². The van der Waals surface area contributed by atoms with E-state index in [0.29, 0.717) is 13.2 Å². The highest BCUT2D eigenvalue weighted by molar-refractivity contribution is 6.30. The van der Waals surface area contributed by atoms with E-state index in [4.69, 9.17) is 16.3 Å². The number of hydrogen-bond acceptors (Lipinski definition) is 3. The molecule has 0 saturated carbocycles. The molecule has 134 valence electrons. The highest BCUT2D eigenvalue weighted by atomic mass is 35.5. The number of rotatable bonds is 7. The normalized spacial score (nSPS) is 16.8. The van der Waals surface area contributed by atoms with Gasteiger partial charge in [-0.1, -0.05) is 41.9 Å². The number of halogens is 1. The maximum Gasteiger partial charge on any atom is 0.126 e. The lowest BCUT2D eigenvalue weighted by Gasteiger charge is -2.34. The van der Waals surface area contributed by atoms with Crippen LogP contribution < -0.4 is 9.80 Å². The maximum atomic E-state index is 10.2. The third-order valence-corrected chi connectivity index (χ3v) is 4.86. The second-order valence-corrected chi connectivity index (χ2v) is 7.01. The number of piperazine rings is 1. The van der Waals surface area contributed by atoms with Gasteiger partial charge in [0.05, 0.1) is 39.4 Å². The molecule has 0 unspecified atom stereocenters. The van der Waals surface area contributed by atoms with Crippen LogP contribution in [0.3, 0.4) is 0 Å². The van der Waals surface area contributed by atoms with Gasteiger partial charge in [0.15, 0.2) is 0 Å². The van der Waals surface area contributed by atoms with Gasteiger partial charge in [-0.25, -0.2) is 0 Å². The van der Waals surface area contributed by atoms with E-state index in [-0.39, 0.29) is 0 Å². The minimum atomic E-state index is -0.425. The highest BCUT2D eigenvalue weighted by Crippen LogP contribution is 2.12. The van der Waals surface area contributed by atoms with Gasteiger partial charge in [-0.15, -0.1) is 0 Å². The molecule has 2 aromatic carbocycles. The first-order chi connectivity index (χ1) is 12.2. The molecule has 2 aromatic rings. The molecule has 25 heavy (non-hydrogen) atoms. The third kappa shape index (κ3) is 5.72. The molecule has 1 fully saturated rings. The second kappa shape index (κ2) is 9.20. The summed E-state index contributed by atoms with van der Waals surface area (Å²) in [5.74, 6) is 0. The quantitative estimate of drug-likeness (QED) is 0.787. The first-order valence-corrected chi connectivity index (χ1v) is 9.22. The summed E-state index contributed by atoms with van der Waals surface area (Å²) in [6.45, 7) is 5.75. The number of benzene rings is 2. The molecule has 1 atom stereocenters. The Kier molecular flexibility index (Phi) is 6.70. The van der Waals surface area contributed by atoms with Crippen LogP contribution in [0.5, 0.6) is 0 Å². The fraction of sp³-hybridized carbons (Fsp3) is 0.400. The topological polar surface area (TPSA) is 37.1 Å². The minimum Gasteiger partial charge on any atom is -0.385 e. The maximum absolute atomic E-state index is 10.2. The van der Waals surface area contributed by atoms with Gasteiger partial charge in [-0.05, 0) is 29.8 Å².